The van der Waals surface area contributed by atoms with Gasteiger partial charge in [-0.2, -0.15) is 0 Å². The number of aromatic amines is 1. The topological polar surface area (TPSA) is 28.7 Å². The molecule has 3 rings (SSSR count). The summed E-state index contributed by atoms with van der Waals surface area (Å²) in [6.07, 6.45) is 1.70. The predicted octanol–water partition coefficient (Wildman–Crippen LogP) is 4.05. The summed E-state index contributed by atoms with van der Waals surface area (Å²) in [5, 5.41) is 3.40. The van der Waals surface area contributed by atoms with Crippen molar-refractivity contribution in [2.24, 2.45) is 0 Å². The van der Waals surface area contributed by atoms with Crippen LogP contribution in [-0.4, -0.2) is 9.97 Å². The van der Waals surface area contributed by atoms with Crippen molar-refractivity contribution in [3.63, 3.8) is 0 Å². The molecule has 0 unspecified atom stereocenters. The first-order valence-corrected chi connectivity index (χ1v) is 6.19. The number of halogens is 1. The molecule has 2 heterocycles. The van der Waals surface area contributed by atoms with E-state index in [-0.39, 0.29) is 0 Å². The van der Waals surface area contributed by atoms with Crippen molar-refractivity contribution in [2.75, 3.05) is 0 Å². The third-order valence-corrected chi connectivity index (χ3v) is 3.90. The van der Waals surface area contributed by atoms with E-state index in [0.717, 1.165) is 10.3 Å². The molecule has 3 aromatic rings. The van der Waals surface area contributed by atoms with Crippen molar-refractivity contribution in [3.05, 3.63) is 40.6 Å². The third kappa shape index (κ3) is 1.41. The van der Waals surface area contributed by atoms with E-state index in [1.807, 2.05) is 0 Å². The highest BCUT2D eigenvalue weighted by Crippen LogP contribution is 2.35. The zero-order valence-corrected chi connectivity index (χ0v) is 10.1. The van der Waals surface area contributed by atoms with E-state index in [1.54, 1.807) is 17.7 Å². The number of imidazole rings is 1. The number of H-pyrrole nitrogens is 1. The number of hydrogen-bond acceptors (Lipinski definition) is 2. The normalized spacial score (nSPS) is 11.0. The molecule has 0 amide bonds. The van der Waals surface area contributed by atoms with E-state index in [0.29, 0.717) is 0 Å². The summed E-state index contributed by atoms with van der Waals surface area (Å²) in [6, 6.07) is 8.37. The number of fused-ring (bicyclic) bond motifs is 1. The second kappa shape index (κ2) is 3.47. The van der Waals surface area contributed by atoms with Crippen LogP contribution in [0.25, 0.3) is 21.3 Å². The van der Waals surface area contributed by atoms with Crippen LogP contribution in [0.3, 0.4) is 0 Å². The average Bonchev–Trinajstić information content (AvgIpc) is 2.83. The Hall–Kier alpha value is -1.13. The van der Waals surface area contributed by atoms with Crippen LogP contribution in [0.5, 0.6) is 0 Å². The number of nitrogens with zero attached hydrogens (tertiary/aromatic N) is 1. The molecule has 15 heavy (non-hydrogen) atoms. The molecule has 2 aromatic heterocycles. The van der Waals surface area contributed by atoms with Gasteiger partial charge in [0.2, 0.25) is 0 Å². The van der Waals surface area contributed by atoms with Crippen molar-refractivity contribution in [2.45, 2.75) is 0 Å². The summed E-state index contributed by atoms with van der Waals surface area (Å²) in [5.74, 6) is 0. The van der Waals surface area contributed by atoms with E-state index >= 15 is 0 Å². The molecule has 0 radical (unpaired) electrons. The van der Waals surface area contributed by atoms with Crippen LogP contribution in [0, 0.1) is 0 Å². The molecule has 0 saturated heterocycles. The minimum absolute atomic E-state index is 0.936. The van der Waals surface area contributed by atoms with Gasteiger partial charge in [0.05, 0.1) is 6.33 Å². The fourth-order valence-electron chi connectivity index (χ4n) is 1.63. The standard InChI is InChI=1S/C11H7BrN2S/c12-11-10(13-6-14-11)8-5-15-9-4-2-1-3-7(8)9/h1-6H,(H,13,14). The van der Waals surface area contributed by atoms with Crippen molar-refractivity contribution in [1.29, 1.82) is 0 Å². The van der Waals surface area contributed by atoms with Crippen molar-refractivity contribution in [1.82, 2.24) is 9.97 Å². The fourth-order valence-corrected chi connectivity index (χ4v) is 2.99. The Morgan fingerprint density at radius 2 is 2.13 bits per heavy atom. The van der Waals surface area contributed by atoms with Gasteiger partial charge in [0.1, 0.15) is 10.3 Å². The Labute approximate surface area is 99.1 Å². The van der Waals surface area contributed by atoms with Gasteiger partial charge >= 0.3 is 0 Å². The number of benzene rings is 1. The first-order valence-electron chi connectivity index (χ1n) is 4.52. The molecule has 1 aromatic carbocycles. The zero-order valence-electron chi connectivity index (χ0n) is 7.70. The second-order valence-corrected chi connectivity index (χ2v) is 4.91. The van der Waals surface area contributed by atoms with Crippen LogP contribution >= 0.6 is 27.3 Å². The third-order valence-electron chi connectivity index (χ3n) is 2.33. The maximum absolute atomic E-state index is 4.31. The Kier molecular flexibility index (Phi) is 2.11. The maximum Gasteiger partial charge on any atom is 0.110 e. The van der Waals surface area contributed by atoms with Crippen molar-refractivity contribution < 1.29 is 0 Å². The predicted molar refractivity (Wildman–Crippen MR) is 67.1 cm³/mol. The number of aromatic nitrogens is 2. The van der Waals surface area contributed by atoms with Crippen molar-refractivity contribution in [3.8, 4) is 11.3 Å². The Morgan fingerprint density at radius 3 is 2.93 bits per heavy atom. The summed E-state index contributed by atoms with van der Waals surface area (Å²) in [4.78, 5) is 7.34. The smallest absolute Gasteiger partial charge is 0.110 e. The fraction of sp³-hybridized carbons (Fsp3) is 0. The zero-order chi connectivity index (χ0) is 10.3. The molecule has 1 N–H and O–H groups in total. The van der Waals surface area contributed by atoms with Crippen LogP contribution in [0.2, 0.25) is 0 Å². The number of rotatable bonds is 1. The molecule has 0 spiro atoms. The Balaban J connectivity index is 2.32. The van der Waals surface area contributed by atoms with Gasteiger partial charge < -0.3 is 4.98 Å². The molecular formula is C11H7BrN2S. The lowest BCUT2D eigenvalue weighted by atomic mass is 10.1. The molecule has 0 saturated carbocycles. The van der Waals surface area contributed by atoms with E-state index in [2.05, 4.69) is 55.5 Å². The SMILES string of the molecule is Brc1[nH]cnc1-c1csc2ccccc12. The van der Waals surface area contributed by atoms with Crippen LogP contribution < -0.4 is 0 Å². The first kappa shape index (κ1) is 9.12. The highest BCUT2D eigenvalue weighted by molar-refractivity contribution is 9.10. The molecular weight excluding hydrogens is 272 g/mol. The Bertz CT molecular complexity index is 612. The van der Waals surface area contributed by atoms with Gasteiger partial charge in [-0.1, -0.05) is 18.2 Å². The number of thiophene rings is 1. The monoisotopic (exact) mass is 278 g/mol. The number of hydrogen-bond donors (Lipinski definition) is 1. The summed E-state index contributed by atoms with van der Waals surface area (Å²) >= 11 is 5.21. The van der Waals surface area contributed by atoms with E-state index in [1.165, 1.54) is 15.6 Å². The van der Waals surface area contributed by atoms with E-state index in [4.69, 9.17) is 0 Å². The molecule has 0 atom stereocenters. The van der Waals surface area contributed by atoms with Crippen LogP contribution in [-0.2, 0) is 0 Å². The molecule has 0 aliphatic rings. The Morgan fingerprint density at radius 1 is 1.27 bits per heavy atom. The van der Waals surface area contributed by atoms with Crippen LogP contribution in [0.4, 0.5) is 0 Å². The van der Waals surface area contributed by atoms with Gasteiger partial charge in [0.15, 0.2) is 0 Å². The maximum atomic E-state index is 4.31. The molecule has 0 aliphatic heterocycles. The van der Waals surface area contributed by atoms with Crippen molar-refractivity contribution >= 4 is 37.4 Å². The van der Waals surface area contributed by atoms with Gasteiger partial charge in [-0.05, 0) is 22.0 Å². The lowest BCUT2D eigenvalue weighted by molar-refractivity contribution is 1.30. The van der Waals surface area contributed by atoms with Crippen LogP contribution in [0.15, 0.2) is 40.6 Å². The van der Waals surface area contributed by atoms with Crippen LogP contribution in [0.1, 0.15) is 0 Å². The molecule has 0 aliphatic carbocycles. The highest BCUT2D eigenvalue weighted by Gasteiger charge is 2.10. The lowest BCUT2D eigenvalue weighted by Gasteiger charge is -1.95. The van der Waals surface area contributed by atoms with Gasteiger partial charge in [-0.15, -0.1) is 11.3 Å². The van der Waals surface area contributed by atoms with Gasteiger partial charge in [0, 0.05) is 21.0 Å². The largest absolute Gasteiger partial charge is 0.339 e. The molecule has 4 heteroatoms. The molecule has 0 bridgehead atoms. The molecule has 2 nitrogen and oxygen atoms in total. The summed E-state index contributed by atoms with van der Waals surface area (Å²) in [6.45, 7) is 0. The van der Waals surface area contributed by atoms with Gasteiger partial charge in [-0.3, -0.25) is 0 Å². The summed E-state index contributed by atoms with van der Waals surface area (Å²) in [7, 11) is 0. The summed E-state index contributed by atoms with van der Waals surface area (Å²) < 4.78 is 2.23. The minimum atomic E-state index is 0.936. The summed E-state index contributed by atoms with van der Waals surface area (Å²) in [5.41, 5.74) is 2.16. The quantitative estimate of drug-likeness (QED) is 0.715. The second-order valence-electron chi connectivity index (χ2n) is 3.21. The van der Waals surface area contributed by atoms with Gasteiger partial charge in [0.25, 0.3) is 0 Å². The van der Waals surface area contributed by atoms with Gasteiger partial charge in [-0.25, -0.2) is 4.98 Å². The average molecular weight is 279 g/mol. The highest BCUT2D eigenvalue weighted by atomic mass is 79.9. The molecule has 0 fully saturated rings. The molecule has 74 valence electrons. The lowest BCUT2D eigenvalue weighted by Crippen LogP contribution is -1.75. The van der Waals surface area contributed by atoms with E-state index < -0.39 is 0 Å². The first-order chi connectivity index (χ1) is 7.36. The minimum Gasteiger partial charge on any atom is -0.339 e. The van der Waals surface area contributed by atoms with E-state index in [9.17, 15) is 0 Å². The number of nitrogens with one attached hydrogen (secondary N) is 1.